The zero-order valence-corrected chi connectivity index (χ0v) is 15.4. The van der Waals surface area contributed by atoms with Gasteiger partial charge in [-0.3, -0.25) is 9.89 Å². The van der Waals surface area contributed by atoms with Crippen LogP contribution in [0.15, 0.2) is 60.7 Å². The van der Waals surface area contributed by atoms with Crippen LogP contribution in [0.5, 0.6) is 0 Å². The first-order chi connectivity index (χ1) is 14.0. The van der Waals surface area contributed by atoms with Gasteiger partial charge in [-0.25, -0.2) is 8.78 Å². The number of hydrogen-bond acceptors (Lipinski definition) is 2. The molecule has 7 heteroatoms. The minimum Gasteiger partial charge on any atom is -0.305 e. The third kappa shape index (κ3) is 4.19. The second kappa shape index (κ2) is 7.87. The SMILES string of the molecule is [B]Cc1ccc(C(=O)Nc2n[nH]c3ccc(Cc4cc(F)cc(F)c4)cc23)cc1. The van der Waals surface area contributed by atoms with E-state index in [2.05, 4.69) is 15.5 Å². The summed E-state index contributed by atoms with van der Waals surface area (Å²) in [6, 6.07) is 16.0. The summed E-state index contributed by atoms with van der Waals surface area (Å²) in [6.45, 7) is 0. The Morgan fingerprint density at radius 2 is 1.62 bits per heavy atom. The number of H-pyrrole nitrogens is 1. The molecule has 4 nitrogen and oxygen atoms in total. The molecule has 0 fully saturated rings. The highest BCUT2D eigenvalue weighted by atomic mass is 19.1. The first kappa shape index (κ1) is 18.9. The molecule has 0 aliphatic carbocycles. The Kier molecular flexibility index (Phi) is 5.12. The predicted octanol–water partition coefficient (Wildman–Crippen LogP) is 4.35. The second-order valence-corrected chi connectivity index (χ2v) is 6.76. The van der Waals surface area contributed by atoms with Crippen LogP contribution >= 0.6 is 0 Å². The van der Waals surface area contributed by atoms with E-state index < -0.39 is 11.6 Å². The summed E-state index contributed by atoms with van der Waals surface area (Å²) < 4.78 is 26.9. The highest BCUT2D eigenvalue weighted by Crippen LogP contribution is 2.24. The van der Waals surface area contributed by atoms with Crippen LogP contribution in [0.4, 0.5) is 14.6 Å². The molecular weight excluding hydrogens is 371 g/mol. The van der Waals surface area contributed by atoms with Crippen molar-refractivity contribution < 1.29 is 13.6 Å². The van der Waals surface area contributed by atoms with Crippen LogP contribution < -0.4 is 5.32 Å². The first-order valence-corrected chi connectivity index (χ1v) is 9.04. The van der Waals surface area contributed by atoms with Crippen LogP contribution in [-0.2, 0) is 12.7 Å². The van der Waals surface area contributed by atoms with Gasteiger partial charge >= 0.3 is 0 Å². The lowest BCUT2D eigenvalue weighted by Gasteiger charge is -2.06. The van der Waals surface area contributed by atoms with Gasteiger partial charge in [0.2, 0.25) is 0 Å². The third-order valence-corrected chi connectivity index (χ3v) is 4.64. The van der Waals surface area contributed by atoms with E-state index in [1.54, 1.807) is 24.3 Å². The minimum absolute atomic E-state index is 0.292. The molecule has 29 heavy (non-hydrogen) atoms. The number of rotatable bonds is 5. The number of halogens is 2. The van der Waals surface area contributed by atoms with Gasteiger partial charge in [-0.05, 0) is 53.9 Å². The van der Waals surface area contributed by atoms with E-state index in [1.807, 2.05) is 18.2 Å². The lowest BCUT2D eigenvalue weighted by molar-refractivity contribution is 0.102. The van der Waals surface area contributed by atoms with Gasteiger partial charge in [0, 0.05) is 17.0 Å². The Morgan fingerprint density at radius 1 is 0.931 bits per heavy atom. The van der Waals surface area contributed by atoms with Crippen LogP contribution in [0.25, 0.3) is 10.9 Å². The Labute approximate surface area is 167 Å². The Balaban J connectivity index is 1.58. The number of fused-ring (bicyclic) bond motifs is 1. The maximum Gasteiger partial charge on any atom is 0.256 e. The van der Waals surface area contributed by atoms with E-state index in [0.717, 1.165) is 22.7 Å². The largest absolute Gasteiger partial charge is 0.305 e. The molecule has 0 saturated heterocycles. The van der Waals surface area contributed by atoms with Gasteiger partial charge < -0.3 is 5.32 Å². The average Bonchev–Trinajstić information content (AvgIpc) is 3.09. The number of hydrogen-bond donors (Lipinski definition) is 2. The molecule has 0 atom stereocenters. The summed E-state index contributed by atoms with van der Waals surface area (Å²) in [5.74, 6) is -1.13. The Bertz CT molecular complexity index is 1170. The number of aromatic amines is 1. The molecule has 0 unspecified atom stereocenters. The van der Waals surface area contributed by atoms with E-state index in [4.69, 9.17) is 7.85 Å². The van der Waals surface area contributed by atoms with Gasteiger partial charge in [0.25, 0.3) is 5.91 Å². The number of aromatic nitrogens is 2. The number of nitrogens with one attached hydrogen (secondary N) is 2. The number of carbonyl (C=O) groups is 1. The molecule has 1 heterocycles. The van der Waals surface area contributed by atoms with Crippen molar-refractivity contribution >= 4 is 30.5 Å². The minimum atomic E-state index is -0.613. The van der Waals surface area contributed by atoms with Crippen molar-refractivity contribution in [2.24, 2.45) is 0 Å². The second-order valence-electron chi connectivity index (χ2n) is 6.76. The fourth-order valence-electron chi connectivity index (χ4n) is 3.19. The van der Waals surface area contributed by atoms with Crippen LogP contribution in [0.2, 0.25) is 0 Å². The highest BCUT2D eigenvalue weighted by molar-refractivity contribution is 6.09. The molecule has 0 aliphatic heterocycles. The van der Waals surface area contributed by atoms with Crippen LogP contribution in [0.3, 0.4) is 0 Å². The molecule has 0 saturated carbocycles. The van der Waals surface area contributed by atoms with Crippen LogP contribution in [0.1, 0.15) is 27.0 Å². The maximum absolute atomic E-state index is 13.4. The van der Waals surface area contributed by atoms with Crippen molar-refractivity contribution in [3.63, 3.8) is 0 Å². The number of nitrogens with zero attached hydrogens (tertiary/aromatic N) is 1. The van der Waals surface area contributed by atoms with Gasteiger partial charge in [-0.1, -0.05) is 30.1 Å². The smallest absolute Gasteiger partial charge is 0.256 e. The zero-order chi connectivity index (χ0) is 20.4. The Morgan fingerprint density at radius 3 is 2.31 bits per heavy atom. The van der Waals surface area contributed by atoms with Gasteiger partial charge in [-0.15, -0.1) is 0 Å². The third-order valence-electron chi connectivity index (χ3n) is 4.64. The number of carbonyl (C=O) groups excluding carboxylic acids is 1. The van der Waals surface area contributed by atoms with Gasteiger partial charge in [0.15, 0.2) is 5.82 Å². The van der Waals surface area contributed by atoms with E-state index in [9.17, 15) is 13.6 Å². The molecule has 142 valence electrons. The van der Waals surface area contributed by atoms with Crippen LogP contribution in [0, 0.1) is 11.6 Å². The summed E-state index contributed by atoms with van der Waals surface area (Å²) in [4.78, 5) is 12.5. The number of amides is 1. The van der Waals surface area contributed by atoms with Gasteiger partial charge in [-0.2, -0.15) is 5.10 Å². The summed E-state index contributed by atoms with van der Waals surface area (Å²) >= 11 is 0. The molecule has 4 rings (SSSR count). The fraction of sp³-hybridized carbons (Fsp3) is 0.0909. The molecule has 2 radical (unpaired) electrons. The fourth-order valence-corrected chi connectivity index (χ4v) is 3.19. The molecule has 0 bridgehead atoms. The normalized spacial score (nSPS) is 11.0. The highest BCUT2D eigenvalue weighted by Gasteiger charge is 2.12. The number of anilines is 1. The van der Waals surface area contributed by atoms with Crippen molar-refractivity contribution in [2.45, 2.75) is 12.7 Å². The van der Waals surface area contributed by atoms with Gasteiger partial charge in [0.05, 0.1) is 13.4 Å². The van der Waals surface area contributed by atoms with Crippen molar-refractivity contribution in [1.29, 1.82) is 0 Å². The molecule has 1 aromatic heterocycles. The molecule has 3 aromatic carbocycles. The zero-order valence-electron chi connectivity index (χ0n) is 15.4. The van der Waals surface area contributed by atoms with Gasteiger partial charge in [0.1, 0.15) is 11.6 Å². The predicted molar refractivity (Wildman–Crippen MR) is 109 cm³/mol. The molecule has 4 aromatic rings. The Hall–Kier alpha value is -3.48. The lowest BCUT2D eigenvalue weighted by atomic mass is 9.96. The molecule has 2 N–H and O–H groups in total. The topological polar surface area (TPSA) is 57.8 Å². The summed E-state index contributed by atoms with van der Waals surface area (Å²) in [6.07, 6.45) is 0.758. The molecule has 0 spiro atoms. The molecular formula is C22H16BF2N3O. The quantitative estimate of drug-likeness (QED) is 0.500. The summed E-state index contributed by atoms with van der Waals surface area (Å²) in [5.41, 5.74) is 3.53. The van der Waals surface area contributed by atoms with E-state index in [-0.39, 0.29) is 5.91 Å². The van der Waals surface area contributed by atoms with E-state index in [0.29, 0.717) is 35.1 Å². The monoisotopic (exact) mass is 387 g/mol. The first-order valence-electron chi connectivity index (χ1n) is 9.04. The van der Waals surface area contributed by atoms with E-state index in [1.165, 1.54) is 12.1 Å². The summed E-state index contributed by atoms with van der Waals surface area (Å²) in [7, 11) is 5.58. The molecule has 0 aliphatic rings. The van der Waals surface area contributed by atoms with Crippen molar-refractivity contribution in [2.75, 3.05) is 5.32 Å². The van der Waals surface area contributed by atoms with Crippen LogP contribution in [-0.4, -0.2) is 24.0 Å². The standard InChI is InChI=1S/C22H16BF2N3O/c23-12-13-1-4-16(5-2-13)22(29)26-21-19-10-14(3-6-20(19)27-28-21)7-15-8-17(24)11-18(25)9-15/h1-6,8-11H,7,12H2,(H2,26,27,28,29). The average molecular weight is 387 g/mol. The maximum atomic E-state index is 13.4. The van der Waals surface area contributed by atoms with Crippen molar-refractivity contribution in [3.8, 4) is 0 Å². The van der Waals surface area contributed by atoms with Crippen molar-refractivity contribution in [1.82, 2.24) is 10.2 Å². The summed E-state index contributed by atoms with van der Waals surface area (Å²) in [5, 5.41) is 10.6. The van der Waals surface area contributed by atoms with E-state index >= 15 is 0 Å². The van der Waals surface area contributed by atoms with Crippen molar-refractivity contribution in [3.05, 3.63) is 94.6 Å². The molecule has 1 amide bonds. The number of benzene rings is 3. The lowest BCUT2D eigenvalue weighted by Crippen LogP contribution is -2.12.